The standard InChI is InChI=1S/C24H27N5O2/c1-16-4-3-5-18(12-16)13-22(30)27-21-14-20(7-6-17(21)2)24(31)29-10-8-19(9-11-29)23-25-15-26-28-23/h3-7,12,14-15,19H,8-11,13H2,1-2H3,(H,27,30)(H,25,26,28). The van der Waals surface area contributed by atoms with Crippen molar-refractivity contribution < 1.29 is 9.59 Å². The second-order valence-electron chi connectivity index (χ2n) is 8.18. The summed E-state index contributed by atoms with van der Waals surface area (Å²) in [5, 5.41) is 9.82. The molecule has 4 rings (SSSR count). The van der Waals surface area contributed by atoms with Crippen LogP contribution < -0.4 is 5.32 Å². The summed E-state index contributed by atoms with van der Waals surface area (Å²) in [5.41, 5.74) is 4.30. The number of nitrogens with one attached hydrogen (secondary N) is 2. The fraction of sp³-hybridized carbons (Fsp3) is 0.333. The van der Waals surface area contributed by atoms with E-state index in [9.17, 15) is 9.59 Å². The number of carbonyl (C=O) groups is 2. The fourth-order valence-corrected chi connectivity index (χ4v) is 4.04. The molecular weight excluding hydrogens is 390 g/mol. The van der Waals surface area contributed by atoms with Gasteiger partial charge >= 0.3 is 0 Å². The topological polar surface area (TPSA) is 91.0 Å². The molecule has 0 bridgehead atoms. The number of aromatic nitrogens is 3. The number of rotatable bonds is 5. The Morgan fingerprint density at radius 2 is 1.94 bits per heavy atom. The Morgan fingerprint density at radius 3 is 2.65 bits per heavy atom. The van der Waals surface area contributed by atoms with E-state index in [-0.39, 0.29) is 11.8 Å². The SMILES string of the molecule is Cc1cccc(CC(=O)Nc2cc(C(=O)N3CCC(c4ncn[nH]4)CC3)ccc2C)c1. The van der Waals surface area contributed by atoms with E-state index in [4.69, 9.17) is 0 Å². The number of carbonyl (C=O) groups excluding carboxylic acids is 2. The summed E-state index contributed by atoms with van der Waals surface area (Å²) < 4.78 is 0. The van der Waals surface area contributed by atoms with Gasteiger partial charge in [0.05, 0.1) is 6.42 Å². The van der Waals surface area contributed by atoms with E-state index in [1.54, 1.807) is 6.07 Å². The average Bonchev–Trinajstić information content (AvgIpc) is 3.30. The van der Waals surface area contributed by atoms with Crippen molar-refractivity contribution >= 4 is 17.5 Å². The molecular formula is C24H27N5O2. The summed E-state index contributed by atoms with van der Waals surface area (Å²) >= 11 is 0. The van der Waals surface area contributed by atoms with Crippen LogP contribution in [0.4, 0.5) is 5.69 Å². The Bertz CT molecular complexity index is 1070. The molecule has 1 aliphatic rings. The third-order valence-electron chi connectivity index (χ3n) is 5.81. The highest BCUT2D eigenvalue weighted by atomic mass is 16.2. The zero-order chi connectivity index (χ0) is 21.8. The van der Waals surface area contributed by atoms with Crippen molar-refractivity contribution in [1.82, 2.24) is 20.1 Å². The van der Waals surface area contributed by atoms with Gasteiger partial charge in [0.2, 0.25) is 5.91 Å². The third-order valence-corrected chi connectivity index (χ3v) is 5.81. The summed E-state index contributed by atoms with van der Waals surface area (Å²) in [5.74, 6) is 1.10. The highest BCUT2D eigenvalue weighted by Gasteiger charge is 2.26. The minimum Gasteiger partial charge on any atom is -0.339 e. The van der Waals surface area contributed by atoms with E-state index in [0.717, 1.165) is 35.4 Å². The molecule has 7 nitrogen and oxygen atoms in total. The van der Waals surface area contributed by atoms with E-state index in [2.05, 4.69) is 20.5 Å². The minimum atomic E-state index is -0.0915. The second-order valence-corrected chi connectivity index (χ2v) is 8.18. The van der Waals surface area contributed by atoms with Crippen LogP contribution in [0, 0.1) is 13.8 Å². The van der Waals surface area contributed by atoms with Gasteiger partial charge in [-0.05, 0) is 49.9 Å². The van der Waals surface area contributed by atoms with E-state index < -0.39 is 0 Å². The van der Waals surface area contributed by atoms with Crippen LogP contribution >= 0.6 is 0 Å². The molecule has 2 aromatic carbocycles. The normalized spacial score (nSPS) is 14.5. The Hall–Kier alpha value is -3.48. The largest absolute Gasteiger partial charge is 0.339 e. The van der Waals surface area contributed by atoms with E-state index in [1.165, 1.54) is 6.33 Å². The monoisotopic (exact) mass is 417 g/mol. The molecule has 160 valence electrons. The van der Waals surface area contributed by atoms with Crippen molar-refractivity contribution in [2.24, 2.45) is 0 Å². The lowest BCUT2D eigenvalue weighted by Crippen LogP contribution is -2.38. The van der Waals surface area contributed by atoms with Crippen LogP contribution in [0.1, 0.15) is 51.6 Å². The van der Waals surface area contributed by atoms with Gasteiger partial charge in [0.25, 0.3) is 5.91 Å². The van der Waals surface area contributed by atoms with Crippen molar-refractivity contribution in [3.8, 4) is 0 Å². The van der Waals surface area contributed by atoms with Gasteiger partial charge in [-0.2, -0.15) is 5.10 Å². The molecule has 2 heterocycles. The number of hydrogen-bond acceptors (Lipinski definition) is 4. The van der Waals surface area contributed by atoms with Gasteiger partial charge in [-0.3, -0.25) is 14.7 Å². The Morgan fingerprint density at radius 1 is 1.13 bits per heavy atom. The smallest absolute Gasteiger partial charge is 0.253 e. The number of piperidine rings is 1. The fourth-order valence-electron chi connectivity index (χ4n) is 4.04. The number of hydrogen-bond donors (Lipinski definition) is 2. The highest BCUT2D eigenvalue weighted by Crippen LogP contribution is 2.27. The molecule has 31 heavy (non-hydrogen) atoms. The number of H-pyrrole nitrogens is 1. The number of likely N-dealkylation sites (tertiary alicyclic amines) is 1. The zero-order valence-corrected chi connectivity index (χ0v) is 17.9. The molecule has 2 amide bonds. The first kappa shape index (κ1) is 20.8. The molecule has 2 N–H and O–H groups in total. The van der Waals surface area contributed by atoms with Gasteiger partial charge in [0.1, 0.15) is 12.2 Å². The first-order valence-electron chi connectivity index (χ1n) is 10.6. The van der Waals surface area contributed by atoms with Gasteiger partial charge in [0, 0.05) is 30.3 Å². The highest BCUT2D eigenvalue weighted by molar-refractivity contribution is 5.98. The lowest BCUT2D eigenvalue weighted by Gasteiger charge is -2.31. The zero-order valence-electron chi connectivity index (χ0n) is 17.9. The van der Waals surface area contributed by atoms with Crippen molar-refractivity contribution in [2.45, 2.75) is 39.0 Å². The van der Waals surface area contributed by atoms with E-state index in [0.29, 0.717) is 36.7 Å². The van der Waals surface area contributed by atoms with Crippen LogP contribution in [0.15, 0.2) is 48.8 Å². The first-order valence-corrected chi connectivity index (χ1v) is 10.6. The Balaban J connectivity index is 1.40. The van der Waals surface area contributed by atoms with Crippen molar-refractivity contribution in [2.75, 3.05) is 18.4 Å². The molecule has 0 aliphatic carbocycles. The Kier molecular flexibility index (Phi) is 6.11. The van der Waals surface area contributed by atoms with Gasteiger partial charge in [-0.1, -0.05) is 35.9 Å². The van der Waals surface area contributed by atoms with Crippen molar-refractivity contribution in [3.05, 3.63) is 76.9 Å². The maximum absolute atomic E-state index is 13.0. The predicted molar refractivity (Wildman–Crippen MR) is 119 cm³/mol. The molecule has 0 radical (unpaired) electrons. The summed E-state index contributed by atoms with van der Waals surface area (Å²) in [7, 11) is 0. The van der Waals surface area contributed by atoms with Crippen LogP contribution in [-0.4, -0.2) is 45.0 Å². The number of aryl methyl sites for hydroxylation is 2. The molecule has 1 aromatic heterocycles. The molecule has 0 saturated carbocycles. The molecule has 1 saturated heterocycles. The molecule has 1 aliphatic heterocycles. The van der Waals surface area contributed by atoms with Crippen LogP contribution in [0.3, 0.4) is 0 Å². The molecule has 0 atom stereocenters. The van der Waals surface area contributed by atoms with E-state index in [1.807, 2.05) is 55.1 Å². The maximum Gasteiger partial charge on any atom is 0.253 e. The molecule has 0 spiro atoms. The third kappa shape index (κ3) is 4.99. The number of aromatic amines is 1. The molecule has 1 fully saturated rings. The average molecular weight is 418 g/mol. The number of nitrogens with zero attached hydrogens (tertiary/aromatic N) is 3. The summed E-state index contributed by atoms with van der Waals surface area (Å²) in [6.07, 6.45) is 3.53. The Labute approximate surface area is 181 Å². The first-order chi connectivity index (χ1) is 15.0. The van der Waals surface area contributed by atoms with Crippen LogP contribution in [0.5, 0.6) is 0 Å². The van der Waals surface area contributed by atoms with E-state index >= 15 is 0 Å². The lowest BCUT2D eigenvalue weighted by molar-refractivity contribution is -0.115. The van der Waals surface area contributed by atoms with Gasteiger partial charge < -0.3 is 10.2 Å². The van der Waals surface area contributed by atoms with Gasteiger partial charge in [-0.15, -0.1) is 0 Å². The number of anilines is 1. The predicted octanol–water partition coefficient (Wildman–Crippen LogP) is 3.62. The number of benzene rings is 2. The maximum atomic E-state index is 13.0. The quantitative estimate of drug-likeness (QED) is 0.663. The summed E-state index contributed by atoms with van der Waals surface area (Å²) in [6, 6.07) is 13.4. The minimum absolute atomic E-state index is 0.00907. The number of amides is 2. The summed E-state index contributed by atoms with van der Waals surface area (Å²) in [4.78, 5) is 31.7. The van der Waals surface area contributed by atoms with Crippen LogP contribution in [-0.2, 0) is 11.2 Å². The van der Waals surface area contributed by atoms with Gasteiger partial charge in [-0.25, -0.2) is 4.98 Å². The van der Waals surface area contributed by atoms with Gasteiger partial charge in [0.15, 0.2) is 0 Å². The summed E-state index contributed by atoms with van der Waals surface area (Å²) in [6.45, 7) is 5.29. The van der Waals surface area contributed by atoms with Crippen LogP contribution in [0.2, 0.25) is 0 Å². The van der Waals surface area contributed by atoms with Crippen LogP contribution in [0.25, 0.3) is 0 Å². The second kappa shape index (κ2) is 9.12. The molecule has 0 unspecified atom stereocenters. The lowest BCUT2D eigenvalue weighted by atomic mass is 9.95. The molecule has 3 aromatic rings. The molecule has 7 heteroatoms. The van der Waals surface area contributed by atoms with Crippen molar-refractivity contribution in [1.29, 1.82) is 0 Å². The van der Waals surface area contributed by atoms with Crippen molar-refractivity contribution in [3.63, 3.8) is 0 Å².